The fourth-order valence-electron chi connectivity index (χ4n) is 2.52. The summed E-state index contributed by atoms with van der Waals surface area (Å²) in [4.78, 5) is 13.5. The molecule has 1 saturated heterocycles. The van der Waals surface area contributed by atoms with E-state index < -0.39 is 9.84 Å². The molecule has 1 amide bonds. The van der Waals surface area contributed by atoms with E-state index >= 15 is 0 Å². The molecule has 8 nitrogen and oxygen atoms in total. The van der Waals surface area contributed by atoms with Gasteiger partial charge in [-0.1, -0.05) is 11.8 Å². The van der Waals surface area contributed by atoms with Crippen LogP contribution in [-0.2, 0) is 28.1 Å². The van der Waals surface area contributed by atoms with Crippen molar-refractivity contribution in [3.63, 3.8) is 0 Å². The monoisotopic (exact) mass is 371 g/mol. The molecule has 0 unspecified atom stereocenters. The van der Waals surface area contributed by atoms with Crippen molar-refractivity contribution in [1.29, 1.82) is 5.26 Å². The Labute approximate surface area is 146 Å². The molecule has 24 heavy (non-hydrogen) atoms. The van der Waals surface area contributed by atoms with Crippen molar-refractivity contribution in [2.24, 2.45) is 13.0 Å². The number of rotatable bonds is 7. The van der Waals surface area contributed by atoms with Crippen LogP contribution in [0.4, 0.5) is 0 Å². The van der Waals surface area contributed by atoms with E-state index in [-0.39, 0.29) is 29.1 Å². The molecule has 0 radical (unpaired) electrons. The van der Waals surface area contributed by atoms with Crippen LogP contribution in [0, 0.1) is 17.2 Å². The summed E-state index contributed by atoms with van der Waals surface area (Å²) in [5, 5.41) is 17.4. The van der Waals surface area contributed by atoms with Gasteiger partial charge in [0.15, 0.2) is 15.0 Å². The number of carbonyl (C=O) groups is 1. The molecule has 1 aliphatic rings. The summed E-state index contributed by atoms with van der Waals surface area (Å²) in [6.07, 6.45) is 1.56. The number of sulfone groups is 1. The third kappa shape index (κ3) is 4.95. The van der Waals surface area contributed by atoms with E-state index in [1.165, 1.54) is 16.7 Å². The van der Waals surface area contributed by atoms with E-state index in [4.69, 9.17) is 5.26 Å². The number of carbonyl (C=O) groups excluding carboxylic acids is 1. The number of amides is 1. The van der Waals surface area contributed by atoms with Crippen molar-refractivity contribution in [2.75, 3.05) is 30.9 Å². The topological polar surface area (TPSA) is 109 Å². The van der Waals surface area contributed by atoms with Crippen molar-refractivity contribution in [2.45, 2.75) is 24.4 Å². The Balaban J connectivity index is 1.88. The highest BCUT2D eigenvalue weighted by atomic mass is 32.2. The molecule has 1 fully saturated rings. The molecule has 10 heteroatoms. The lowest BCUT2D eigenvalue weighted by Gasteiger charge is -2.14. The van der Waals surface area contributed by atoms with Gasteiger partial charge in [-0.3, -0.25) is 4.79 Å². The molecule has 1 atom stereocenters. The first-order valence-corrected chi connectivity index (χ1v) is 10.5. The number of thioether (sulfide) groups is 1. The van der Waals surface area contributed by atoms with Gasteiger partial charge in [0.2, 0.25) is 5.91 Å². The number of aromatic nitrogens is 3. The smallest absolute Gasteiger partial charge is 0.232 e. The van der Waals surface area contributed by atoms with Gasteiger partial charge in [0.05, 0.1) is 29.7 Å². The van der Waals surface area contributed by atoms with Crippen molar-refractivity contribution < 1.29 is 13.2 Å². The van der Waals surface area contributed by atoms with Gasteiger partial charge < -0.3 is 9.47 Å². The van der Waals surface area contributed by atoms with Crippen LogP contribution in [-0.4, -0.2) is 64.8 Å². The summed E-state index contributed by atoms with van der Waals surface area (Å²) in [5.41, 5.74) is 0. The van der Waals surface area contributed by atoms with Gasteiger partial charge in [-0.2, -0.15) is 5.26 Å². The highest BCUT2D eigenvalue weighted by molar-refractivity contribution is 7.99. The number of nitriles is 1. The van der Waals surface area contributed by atoms with Crippen molar-refractivity contribution in [3.8, 4) is 6.07 Å². The number of nitrogens with zero attached hydrogens (tertiary/aromatic N) is 5. The third-order valence-electron chi connectivity index (χ3n) is 4.03. The number of hydrogen-bond donors (Lipinski definition) is 0. The summed E-state index contributed by atoms with van der Waals surface area (Å²) in [6, 6.07) is 2.01. The minimum absolute atomic E-state index is 0.0679. The maximum absolute atomic E-state index is 12.0. The zero-order valence-corrected chi connectivity index (χ0v) is 15.4. The second kappa shape index (κ2) is 7.98. The first-order valence-electron chi connectivity index (χ1n) is 7.65. The molecule has 0 saturated carbocycles. The van der Waals surface area contributed by atoms with Gasteiger partial charge in [0.25, 0.3) is 0 Å². The molecule has 2 rings (SSSR count). The second-order valence-corrected chi connectivity index (χ2v) is 9.11. The zero-order chi connectivity index (χ0) is 17.7. The van der Waals surface area contributed by atoms with Crippen LogP contribution in [0.5, 0.6) is 0 Å². The largest absolute Gasteiger partial charge is 0.344 e. The van der Waals surface area contributed by atoms with Gasteiger partial charge in [0, 0.05) is 27.1 Å². The quantitative estimate of drug-likeness (QED) is 0.632. The van der Waals surface area contributed by atoms with Crippen LogP contribution in [0.15, 0.2) is 5.16 Å². The van der Waals surface area contributed by atoms with E-state index in [0.717, 1.165) is 5.82 Å². The maximum atomic E-state index is 12.0. The average molecular weight is 371 g/mol. The Morgan fingerprint density at radius 2 is 2.25 bits per heavy atom. The van der Waals surface area contributed by atoms with Crippen molar-refractivity contribution in [3.05, 3.63) is 5.82 Å². The van der Waals surface area contributed by atoms with Gasteiger partial charge in [-0.05, 0) is 12.3 Å². The summed E-state index contributed by atoms with van der Waals surface area (Å²) in [6.45, 7) is 0.413. The van der Waals surface area contributed by atoms with Crippen molar-refractivity contribution >= 4 is 27.5 Å². The predicted molar refractivity (Wildman–Crippen MR) is 90.1 cm³/mol. The standard InChI is InChI=1S/C14H21N5O3S2/c1-18(6-3-5-15)13(20)9-23-14-17-16-12(19(14)2)8-11-4-7-24(21,22)10-11/h11H,3-4,6-10H2,1-2H3/t11-/m1/s1. The SMILES string of the molecule is CN(CCC#N)C(=O)CSc1nnc(C[C@H]2CCS(=O)(=O)C2)n1C. The molecule has 0 aromatic carbocycles. The lowest BCUT2D eigenvalue weighted by molar-refractivity contribution is -0.127. The summed E-state index contributed by atoms with van der Waals surface area (Å²) in [7, 11) is 0.598. The van der Waals surface area contributed by atoms with E-state index in [1.54, 1.807) is 7.05 Å². The highest BCUT2D eigenvalue weighted by Gasteiger charge is 2.29. The van der Waals surface area contributed by atoms with Crippen LogP contribution >= 0.6 is 11.8 Å². The van der Waals surface area contributed by atoms with E-state index in [9.17, 15) is 13.2 Å². The molecule has 0 spiro atoms. The molecule has 132 valence electrons. The van der Waals surface area contributed by atoms with Crippen LogP contribution in [0.2, 0.25) is 0 Å². The molecule has 0 bridgehead atoms. The van der Waals surface area contributed by atoms with Gasteiger partial charge in [-0.25, -0.2) is 8.42 Å². The Morgan fingerprint density at radius 1 is 1.50 bits per heavy atom. The fraction of sp³-hybridized carbons (Fsp3) is 0.714. The molecule has 2 heterocycles. The maximum Gasteiger partial charge on any atom is 0.232 e. The Kier molecular flexibility index (Phi) is 6.23. The van der Waals surface area contributed by atoms with Crippen LogP contribution in [0.25, 0.3) is 0 Å². The summed E-state index contributed by atoms with van der Waals surface area (Å²) in [5.74, 6) is 1.46. The van der Waals surface area contributed by atoms with Gasteiger partial charge in [-0.15, -0.1) is 10.2 Å². The van der Waals surface area contributed by atoms with E-state index in [1.807, 2.05) is 17.7 Å². The average Bonchev–Trinajstić information content (AvgIpc) is 3.05. The van der Waals surface area contributed by atoms with Gasteiger partial charge in [0.1, 0.15) is 5.82 Å². The van der Waals surface area contributed by atoms with Crippen LogP contribution < -0.4 is 0 Å². The second-order valence-electron chi connectivity index (χ2n) is 5.94. The first kappa shape index (κ1) is 18.7. The molecule has 1 aliphatic heterocycles. The predicted octanol–water partition coefficient (Wildman–Crippen LogP) is 0.256. The zero-order valence-electron chi connectivity index (χ0n) is 13.8. The molecule has 1 aromatic heterocycles. The summed E-state index contributed by atoms with van der Waals surface area (Å²) < 4.78 is 24.9. The van der Waals surface area contributed by atoms with Crippen LogP contribution in [0.1, 0.15) is 18.7 Å². The lowest BCUT2D eigenvalue weighted by atomic mass is 10.1. The molecular weight excluding hydrogens is 350 g/mol. The summed E-state index contributed by atoms with van der Waals surface area (Å²) >= 11 is 1.29. The fourth-order valence-corrected chi connectivity index (χ4v) is 5.25. The third-order valence-corrected chi connectivity index (χ3v) is 6.87. The Bertz CT molecular complexity index is 738. The van der Waals surface area contributed by atoms with E-state index in [0.29, 0.717) is 31.0 Å². The molecule has 0 aliphatic carbocycles. The molecular formula is C14H21N5O3S2. The lowest BCUT2D eigenvalue weighted by Crippen LogP contribution is -2.29. The minimum Gasteiger partial charge on any atom is -0.344 e. The number of hydrogen-bond acceptors (Lipinski definition) is 7. The molecule has 1 aromatic rings. The highest BCUT2D eigenvalue weighted by Crippen LogP contribution is 2.23. The van der Waals surface area contributed by atoms with Crippen LogP contribution in [0.3, 0.4) is 0 Å². The molecule has 0 N–H and O–H groups in total. The van der Waals surface area contributed by atoms with Gasteiger partial charge >= 0.3 is 0 Å². The Hall–Kier alpha value is -1.60. The first-order chi connectivity index (χ1) is 11.3. The Morgan fingerprint density at radius 3 is 2.88 bits per heavy atom. The normalized spacial score (nSPS) is 19.1. The van der Waals surface area contributed by atoms with Crippen molar-refractivity contribution in [1.82, 2.24) is 19.7 Å². The van der Waals surface area contributed by atoms with E-state index in [2.05, 4.69) is 10.2 Å². The minimum atomic E-state index is -2.90.